The van der Waals surface area contributed by atoms with E-state index in [1.807, 2.05) is 0 Å². The van der Waals surface area contributed by atoms with Crippen LogP contribution in [0.15, 0.2) is 18.5 Å². The molecule has 0 aliphatic rings. The van der Waals surface area contributed by atoms with E-state index in [2.05, 4.69) is 25.7 Å². The molecule has 1 amide bonds. The van der Waals surface area contributed by atoms with Crippen molar-refractivity contribution in [1.29, 1.82) is 0 Å². The zero-order chi connectivity index (χ0) is 9.97. The van der Waals surface area contributed by atoms with Crippen LogP contribution >= 0.6 is 0 Å². The highest BCUT2D eigenvalue weighted by Crippen LogP contribution is 2.06. The van der Waals surface area contributed by atoms with Crippen LogP contribution in [-0.2, 0) is 0 Å². The Labute approximate surface area is 78.7 Å². The van der Waals surface area contributed by atoms with E-state index in [1.54, 1.807) is 6.20 Å². The molecule has 0 aliphatic carbocycles. The average molecular weight is 192 g/mol. The molecule has 0 atom stereocenters. The molecule has 0 saturated heterocycles. The van der Waals surface area contributed by atoms with Crippen molar-refractivity contribution in [2.75, 3.05) is 11.1 Å². The smallest absolute Gasteiger partial charge is 0.273 e. The number of hydrogen-bond acceptors (Lipinski definition) is 4. The maximum Gasteiger partial charge on any atom is 0.273 e. The molecule has 72 valence electrons. The third-order valence-electron chi connectivity index (χ3n) is 1.60. The molecule has 2 aromatic heterocycles. The molecule has 0 fully saturated rings. The number of amides is 1. The Balaban J connectivity index is 2.10. The Kier molecular flexibility index (Phi) is 1.90. The predicted octanol–water partition coefficient (Wildman–Crippen LogP) is -0.0327. The van der Waals surface area contributed by atoms with Crippen molar-refractivity contribution in [2.45, 2.75) is 0 Å². The zero-order valence-electron chi connectivity index (χ0n) is 7.11. The van der Waals surface area contributed by atoms with E-state index in [-0.39, 0.29) is 11.7 Å². The van der Waals surface area contributed by atoms with Crippen molar-refractivity contribution in [2.24, 2.45) is 0 Å². The quantitative estimate of drug-likeness (QED) is 0.535. The largest absolute Gasteiger partial charge is 0.382 e. The number of H-pyrrole nitrogens is 2. The molecule has 5 N–H and O–H groups in total. The topological polar surface area (TPSA) is 112 Å². The Bertz CT molecular complexity index is 431. The van der Waals surface area contributed by atoms with Crippen LogP contribution in [0.1, 0.15) is 10.5 Å². The number of nitrogens with one attached hydrogen (secondary N) is 3. The summed E-state index contributed by atoms with van der Waals surface area (Å²) in [4.78, 5) is 11.4. The summed E-state index contributed by atoms with van der Waals surface area (Å²) in [6.07, 6.45) is 3.06. The van der Waals surface area contributed by atoms with Crippen molar-refractivity contribution in [3.8, 4) is 0 Å². The predicted molar refractivity (Wildman–Crippen MR) is 49.5 cm³/mol. The highest BCUT2D eigenvalue weighted by molar-refractivity contribution is 6.03. The number of hydrogen-bond donors (Lipinski definition) is 4. The maximum absolute atomic E-state index is 11.4. The van der Waals surface area contributed by atoms with Crippen LogP contribution in [0.5, 0.6) is 0 Å². The highest BCUT2D eigenvalue weighted by atomic mass is 16.1. The first kappa shape index (κ1) is 8.30. The lowest BCUT2D eigenvalue weighted by molar-refractivity contribution is 0.102. The molecule has 0 saturated carbocycles. The number of rotatable bonds is 2. The van der Waals surface area contributed by atoms with E-state index in [0.717, 1.165) is 0 Å². The van der Waals surface area contributed by atoms with Gasteiger partial charge in [0.2, 0.25) is 0 Å². The van der Waals surface area contributed by atoms with Gasteiger partial charge in [0.25, 0.3) is 5.91 Å². The Hall–Kier alpha value is -2.31. The molecule has 0 aliphatic heterocycles. The van der Waals surface area contributed by atoms with E-state index in [1.165, 1.54) is 12.3 Å². The standard InChI is InChI=1S/C7H8N6O/c8-6-1-5(12-13-6)7(14)11-4-2-9-10-3-4/h1-3H,(H,9,10)(H,11,14)(H3,8,12,13). The number of nitrogens with zero attached hydrogens (tertiary/aromatic N) is 2. The van der Waals surface area contributed by atoms with Gasteiger partial charge in [-0.15, -0.1) is 0 Å². The summed E-state index contributed by atoms with van der Waals surface area (Å²) >= 11 is 0. The molecule has 14 heavy (non-hydrogen) atoms. The summed E-state index contributed by atoms with van der Waals surface area (Å²) in [5.41, 5.74) is 6.24. The van der Waals surface area contributed by atoms with Crippen LogP contribution in [0.3, 0.4) is 0 Å². The van der Waals surface area contributed by atoms with E-state index < -0.39 is 0 Å². The lowest BCUT2D eigenvalue weighted by atomic mass is 10.4. The molecule has 0 radical (unpaired) electrons. The number of carbonyl (C=O) groups excluding carboxylic acids is 1. The van der Waals surface area contributed by atoms with Gasteiger partial charge in [0.1, 0.15) is 11.5 Å². The highest BCUT2D eigenvalue weighted by Gasteiger charge is 2.08. The van der Waals surface area contributed by atoms with E-state index in [9.17, 15) is 4.79 Å². The van der Waals surface area contributed by atoms with Gasteiger partial charge in [0, 0.05) is 12.3 Å². The summed E-state index contributed by atoms with van der Waals surface area (Å²) in [5.74, 6) is -0.0297. The first-order valence-electron chi connectivity index (χ1n) is 3.87. The minimum absolute atomic E-state index is 0.280. The number of nitrogen functional groups attached to an aromatic ring is 1. The average Bonchev–Trinajstić information content (AvgIpc) is 2.75. The van der Waals surface area contributed by atoms with Gasteiger partial charge >= 0.3 is 0 Å². The Morgan fingerprint density at radius 1 is 1.57 bits per heavy atom. The maximum atomic E-state index is 11.4. The molecule has 0 bridgehead atoms. The third-order valence-corrected chi connectivity index (χ3v) is 1.60. The summed E-state index contributed by atoms with van der Waals surface area (Å²) in [6.45, 7) is 0. The molecular weight excluding hydrogens is 184 g/mol. The van der Waals surface area contributed by atoms with E-state index in [0.29, 0.717) is 11.4 Å². The van der Waals surface area contributed by atoms with Gasteiger partial charge in [-0.2, -0.15) is 10.2 Å². The summed E-state index contributed by atoms with van der Waals surface area (Å²) in [5, 5.41) is 15.0. The molecular formula is C7H8N6O. The van der Waals surface area contributed by atoms with Gasteiger partial charge in [-0.25, -0.2) is 0 Å². The van der Waals surface area contributed by atoms with Crippen LogP contribution < -0.4 is 11.1 Å². The Morgan fingerprint density at radius 3 is 3.00 bits per heavy atom. The van der Waals surface area contributed by atoms with Crippen LogP contribution in [0.2, 0.25) is 0 Å². The van der Waals surface area contributed by atoms with Gasteiger partial charge < -0.3 is 11.1 Å². The minimum atomic E-state index is -0.310. The van der Waals surface area contributed by atoms with Crippen molar-refractivity contribution >= 4 is 17.4 Å². The van der Waals surface area contributed by atoms with Gasteiger partial charge in [-0.3, -0.25) is 15.0 Å². The minimum Gasteiger partial charge on any atom is -0.382 e. The molecule has 7 nitrogen and oxygen atoms in total. The molecule has 2 heterocycles. The molecule has 0 spiro atoms. The second-order valence-corrected chi connectivity index (χ2v) is 2.65. The monoisotopic (exact) mass is 192 g/mol. The van der Waals surface area contributed by atoms with Crippen LogP contribution in [0.4, 0.5) is 11.5 Å². The van der Waals surface area contributed by atoms with Gasteiger partial charge in [0.15, 0.2) is 0 Å². The van der Waals surface area contributed by atoms with Gasteiger partial charge in [-0.05, 0) is 0 Å². The molecule has 0 unspecified atom stereocenters. The van der Waals surface area contributed by atoms with Crippen LogP contribution in [0.25, 0.3) is 0 Å². The molecule has 0 aromatic carbocycles. The van der Waals surface area contributed by atoms with Gasteiger partial charge in [0.05, 0.1) is 11.9 Å². The van der Waals surface area contributed by atoms with E-state index in [4.69, 9.17) is 5.73 Å². The number of aromatic nitrogens is 4. The third kappa shape index (κ3) is 1.56. The fourth-order valence-electron chi connectivity index (χ4n) is 0.971. The van der Waals surface area contributed by atoms with E-state index >= 15 is 0 Å². The van der Waals surface area contributed by atoms with Gasteiger partial charge in [-0.1, -0.05) is 0 Å². The second-order valence-electron chi connectivity index (χ2n) is 2.65. The number of carbonyl (C=O) groups is 1. The summed E-state index contributed by atoms with van der Waals surface area (Å²) in [7, 11) is 0. The zero-order valence-corrected chi connectivity index (χ0v) is 7.11. The van der Waals surface area contributed by atoms with Crippen LogP contribution in [0, 0.1) is 0 Å². The lowest BCUT2D eigenvalue weighted by Crippen LogP contribution is -2.11. The number of aromatic amines is 2. The van der Waals surface area contributed by atoms with Crippen molar-refractivity contribution in [3.63, 3.8) is 0 Å². The van der Waals surface area contributed by atoms with Crippen molar-refractivity contribution in [3.05, 3.63) is 24.2 Å². The SMILES string of the molecule is Nc1cc(C(=O)Nc2cn[nH]c2)[nH]n1. The first-order chi connectivity index (χ1) is 6.75. The summed E-state index contributed by atoms with van der Waals surface area (Å²) in [6, 6.07) is 1.45. The molecule has 2 rings (SSSR count). The van der Waals surface area contributed by atoms with Crippen molar-refractivity contribution in [1.82, 2.24) is 20.4 Å². The van der Waals surface area contributed by atoms with Crippen molar-refractivity contribution < 1.29 is 4.79 Å². The number of anilines is 2. The fraction of sp³-hybridized carbons (Fsp3) is 0. The Morgan fingerprint density at radius 2 is 2.43 bits per heavy atom. The lowest BCUT2D eigenvalue weighted by Gasteiger charge is -1.97. The van der Waals surface area contributed by atoms with Crippen LogP contribution in [-0.4, -0.2) is 26.3 Å². The number of nitrogens with two attached hydrogens (primary N) is 1. The summed E-state index contributed by atoms with van der Waals surface area (Å²) < 4.78 is 0. The normalized spacial score (nSPS) is 10.0. The first-order valence-corrected chi connectivity index (χ1v) is 3.87. The fourth-order valence-corrected chi connectivity index (χ4v) is 0.971. The molecule has 2 aromatic rings. The second kappa shape index (κ2) is 3.21. The molecule has 7 heteroatoms.